The molecule has 2 rings (SSSR count). The third-order valence-corrected chi connectivity index (χ3v) is 5.61. The van der Waals surface area contributed by atoms with Crippen LogP contribution in [0.1, 0.15) is 5.56 Å². The number of rotatable bonds is 12. The minimum Gasteiger partial charge on any atom is -0.480 e. The Hall–Kier alpha value is -2.74. The number of fused-ring (bicyclic) bond motifs is 1. The molecule has 1 aromatic heterocycles. The number of para-hydroxylation sites is 1. The fourth-order valence-corrected chi connectivity index (χ4v) is 3.52. The average Bonchev–Trinajstić information content (AvgIpc) is 3.22. The molecule has 4 unspecified atom stereocenters. The molecule has 4 atom stereocenters. The summed E-state index contributed by atoms with van der Waals surface area (Å²) in [7, 11) is 0. The predicted octanol–water partition coefficient (Wildman–Crippen LogP) is -1.57. The summed E-state index contributed by atoms with van der Waals surface area (Å²) in [6.07, 6.45) is 1.77. The molecule has 8 N–H and O–H groups in total. The van der Waals surface area contributed by atoms with Crippen molar-refractivity contribution in [2.75, 3.05) is 18.1 Å². The van der Waals surface area contributed by atoms with Gasteiger partial charge in [-0.2, -0.15) is 25.3 Å². The zero-order valence-electron chi connectivity index (χ0n) is 17.5. The van der Waals surface area contributed by atoms with Crippen LogP contribution in [0.2, 0.25) is 0 Å². The second kappa shape index (κ2) is 12.5. The molecule has 1 aromatic carbocycles. The standard InChI is InChI=1S/C20H27N5O6S2/c21-12(7-26)17(27)23-14(5-10-6-22-13-4-2-1-3-11(10)13)18(28)24-15(8-32)19(29)25-16(9-33)20(30)31/h1-4,6,12,14-16,22,26,32-33H,5,7-9,21H2,(H,23,27)(H,24,28)(H,25,29)(H,30,31). The highest BCUT2D eigenvalue weighted by atomic mass is 32.1. The minimum absolute atomic E-state index is 0.0645. The lowest BCUT2D eigenvalue weighted by atomic mass is 10.0. The Bertz CT molecular complexity index is 1000. The fraction of sp³-hybridized carbons (Fsp3) is 0.400. The Morgan fingerprint density at radius 3 is 2.12 bits per heavy atom. The summed E-state index contributed by atoms with van der Waals surface area (Å²) >= 11 is 7.96. The van der Waals surface area contributed by atoms with Crippen LogP contribution in [0.25, 0.3) is 10.9 Å². The van der Waals surface area contributed by atoms with Crippen molar-refractivity contribution in [1.29, 1.82) is 0 Å². The first kappa shape index (κ1) is 26.5. The van der Waals surface area contributed by atoms with E-state index in [0.29, 0.717) is 0 Å². The lowest BCUT2D eigenvalue weighted by molar-refractivity contribution is -0.141. The van der Waals surface area contributed by atoms with E-state index >= 15 is 0 Å². The van der Waals surface area contributed by atoms with E-state index in [0.717, 1.165) is 16.5 Å². The molecule has 180 valence electrons. The van der Waals surface area contributed by atoms with Crippen LogP contribution in [-0.4, -0.2) is 81.2 Å². The maximum atomic E-state index is 13.0. The van der Waals surface area contributed by atoms with Gasteiger partial charge in [-0.1, -0.05) is 18.2 Å². The number of carbonyl (C=O) groups is 4. The van der Waals surface area contributed by atoms with Gasteiger partial charge >= 0.3 is 5.97 Å². The lowest BCUT2D eigenvalue weighted by Gasteiger charge is -2.24. The molecule has 33 heavy (non-hydrogen) atoms. The van der Waals surface area contributed by atoms with Crippen molar-refractivity contribution in [3.8, 4) is 0 Å². The first-order chi connectivity index (χ1) is 15.7. The van der Waals surface area contributed by atoms with E-state index in [4.69, 9.17) is 15.9 Å². The van der Waals surface area contributed by atoms with Crippen molar-refractivity contribution in [1.82, 2.24) is 20.9 Å². The fourth-order valence-electron chi connectivity index (χ4n) is 3.02. The van der Waals surface area contributed by atoms with Gasteiger partial charge in [0.15, 0.2) is 0 Å². The average molecular weight is 498 g/mol. The number of amides is 3. The molecular formula is C20H27N5O6S2. The van der Waals surface area contributed by atoms with Gasteiger partial charge in [0.05, 0.1) is 6.61 Å². The Morgan fingerprint density at radius 1 is 0.939 bits per heavy atom. The number of aromatic amines is 1. The molecule has 0 aliphatic carbocycles. The molecule has 0 aliphatic heterocycles. The summed E-state index contributed by atoms with van der Waals surface area (Å²) in [6.45, 7) is -0.616. The van der Waals surface area contributed by atoms with E-state index in [-0.39, 0.29) is 17.9 Å². The second-order valence-electron chi connectivity index (χ2n) is 7.24. The topological polar surface area (TPSA) is 187 Å². The lowest BCUT2D eigenvalue weighted by Crippen LogP contribution is -2.58. The quantitative estimate of drug-likeness (QED) is 0.158. The second-order valence-corrected chi connectivity index (χ2v) is 7.97. The van der Waals surface area contributed by atoms with Crippen molar-refractivity contribution in [2.24, 2.45) is 5.73 Å². The number of benzene rings is 1. The van der Waals surface area contributed by atoms with Gasteiger partial charge in [0.1, 0.15) is 24.2 Å². The third-order valence-electron chi connectivity index (χ3n) is 4.88. The van der Waals surface area contributed by atoms with Crippen LogP contribution < -0.4 is 21.7 Å². The largest absolute Gasteiger partial charge is 0.480 e. The van der Waals surface area contributed by atoms with Crippen LogP contribution in [0.4, 0.5) is 0 Å². The number of hydrogen-bond donors (Lipinski definition) is 9. The van der Waals surface area contributed by atoms with Crippen molar-refractivity contribution >= 4 is 59.9 Å². The molecule has 1 heterocycles. The molecule has 0 radical (unpaired) electrons. The summed E-state index contributed by atoms with van der Waals surface area (Å²) in [5, 5.41) is 26.4. The summed E-state index contributed by atoms with van der Waals surface area (Å²) in [5.74, 6) is -3.75. The Morgan fingerprint density at radius 2 is 1.52 bits per heavy atom. The molecule has 0 spiro atoms. The van der Waals surface area contributed by atoms with Gasteiger partial charge < -0.3 is 36.9 Å². The Kier molecular flexibility index (Phi) is 10.0. The molecule has 3 amide bonds. The van der Waals surface area contributed by atoms with Crippen LogP contribution in [0, 0.1) is 0 Å². The van der Waals surface area contributed by atoms with E-state index in [2.05, 4.69) is 46.2 Å². The van der Waals surface area contributed by atoms with Gasteiger partial charge in [0, 0.05) is 35.0 Å². The number of H-pyrrole nitrogens is 1. The van der Waals surface area contributed by atoms with Gasteiger partial charge in [0.25, 0.3) is 0 Å². The third kappa shape index (κ3) is 7.12. The highest BCUT2D eigenvalue weighted by Gasteiger charge is 2.30. The monoisotopic (exact) mass is 497 g/mol. The number of nitrogens with two attached hydrogens (primary N) is 1. The molecule has 0 fully saturated rings. The van der Waals surface area contributed by atoms with Crippen LogP contribution >= 0.6 is 25.3 Å². The number of aliphatic hydroxyl groups excluding tert-OH is 1. The first-order valence-electron chi connectivity index (χ1n) is 9.98. The molecule has 0 saturated carbocycles. The molecule has 0 saturated heterocycles. The maximum absolute atomic E-state index is 13.0. The highest BCUT2D eigenvalue weighted by molar-refractivity contribution is 7.80. The zero-order valence-corrected chi connectivity index (χ0v) is 19.3. The number of nitrogens with one attached hydrogen (secondary N) is 4. The number of carboxylic acid groups (broad SMARTS) is 1. The molecule has 11 nitrogen and oxygen atoms in total. The molecule has 2 aromatic rings. The van der Waals surface area contributed by atoms with Crippen molar-refractivity contribution < 1.29 is 29.4 Å². The summed E-state index contributed by atoms with van der Waals surface area (Å²) in [4.78, 5) is 52.0. The van der Waals surface area contributed by atoms with Gasteiger partial charge in [-0.05, 0) is 11.6 Å². The van der Waals surface area contributed by atoms with Crippen LogP contribution in [0.3, 0.4) is 0 Å². The predicted molar refractivity (Wildman–Crippen MR) is 128 cm³/mol. The van der Waals surface area contributed by atoms with Crippen molar-refractivity contribution in [3.63, 3.8) is 0 Å². The zero-order chi connectivity index (χ0) is 24.5. The van der Waals surface area contributed by atoms with Gasteiger partial charge in [-0.3, -0.25) is 14.4 Å². The van der Waals surface area contributed by atoms with E-state index in [1.165, 1.54) is 0 Å². The summed E-state index contributed by atoms with van der Waals surface area (Å²) in [5.41, 5.74) is 7.13. The van der Waals surface area contributed by atoms with Gasteiger partial charge in [-0.25, -0.2) is 4.79 Å². The number of aromatic nitrogens is 1. The van der Waals surface area contributed by atoms with E-state index in [1.54, 1.807) is 6.20 Å². The van der Waals surface area contributed by atoms with E-state index in [9.17, 15) is 19.2 Å². The van der Waals surface area contributed by atoms with Crippen LogP contribution in [0.5, 0.6) is 0 Å². The number of hydrogen-bond acceptors (Lipinski definition) is 8. The summed E-state index contributed by atoms with van der Waals surface area (Å²) < 4.78 is 0. The van der Waals surface area contributed by atoms with Crippen molar-refractivity contribution in [2.45, 2.75) is 30.6 Å². The molecular weight excluding hydrogens is 470 g/mol. The highest BCUT2D eigenvalue weighted by Crippen LogP contribution is 2.19. The normalized spacial score (nSPS) is 14.7. The molecule has 0 bridgehead atoms. The first-order valence-corrected chi connectivity index (χ1v) is 11.2. The van der Waals surface area contributed by atoms with E-state index < -0.39 is 54.5 Å². The molecule has 13 heteroatoms. The maximum Gasteiger partial charge on any atom is 0.327 e. The van der Waals surface area contributed by atoms with Gasteiger partial charge in [-0.15, -0.1) is 0 Å². The van der Waals surface area contributed by atoms with E-state index in [1.807, 2.05) is 24.3 Å². The number of thiol groups is 2. The number of aliphatic hydroxyl groups is 1. The number of carbonyl (C=O) groups excluding carboxylic acids is 3. The van der Waals surface area contributed by atoms with Crippen molar-refractivity contribution in [3.05, 3.63) is 36.0 Å². The van der Waals surface area contributed by atoms with Crippen LogP contribution in [0.15, 0.2) is 30.5 Å². The molecule has 0 aliphatic rings. The summed E-state index contributed by atoms with van der Waals surface area (Å²) in [6, 6.07) is 2.60. The number of aliphatic carboxylic acids is 1. The SMILES string of the molecule is NC(CO)C(=O)NC(Cc1c[nH]c2ccccc12)C(=O)NC(CS)C(=O)NC(CS)C(=O)O. The van der Waals surface area contributed by atoms with Gasteiger partial charge in [0.2, 0.25) is 17.7 Å². The smallest absolute Gasteiger partial charge is 0.327 e. The number of carboxylic acids is 1. The Balaban J connectivity index is 2.21. The minimum atomic E-state index is -1.27. The Labute approximate surface area is 200 Å². The van der Waals surface area contributed by atoms with Crippen LogP contribution in [-0.2, 0) is 25.6 Å².